The first-order valence-electron chi connectivity index (χ1n) is 13.9. The van der Waals surface area contributed by atoms with E-state index in [0.29, 0.717) is 30.5 Å². The number of rotatable bonds is 15. The Labute approximate surface area is 244 Å². The van der Waals surface area contributed by atoms with Crippen molar-refractivity contribution in [3.8, 4) is 5.75 Å². The minimum absolute atomic E-state index is 0.00831. The molecule has 13 heteroatoms. The molecule has 0 aromatic heterocycles. The lowest BCUT2D eigenvalue weighted by Crippen LogP contribution is -2.57. The summed E-state index contributed by atoms with van der Waals surface area (Å²) in [6, 6.07) is 11.1. The number of carbonyl (C=O) groups excluding carboxylic acids is 3. The maximum absolute atomic E-state index is 13.5. The molecule has 1 saturated heterocycles. The predicted octanol–water partition coefficient (Wildman–Crippen LogP) is -0.478. The van der Waals surface area contributed by atoms with Crippen molar-refractivity contribution in [2.45, 2.75) is 62.7 Å². The summed E-state index contributed by atoms with van der Waals surface area (Å²) in [6.45, 7) is 0.933. The highest BCUT2D eigenvalue weighted by atomic mass is 16.4. The fourth-order valence-corrected chi connectivity index (χ4v) is 4.62. The van der Waals surface area contributed by atoms with Crippen LogP contribution in [0.4, 0.5) is 0 Å². The van der Waals surface area contributed by atoms with Gasteiger partial charge in [0.1, 0.15) is 23.9 Å². The Balaban J connectivity index is 1.79. The van der Waals surface area contributed by atoms with Gasteiger partial charge in [0.15, 0.2) is 5.96 Å². The van der Waals surface area contributed by atoms with Gasteiger partial charge in [0.25, 0.3) is 0 Å². The van der Waals surface area contributed by atoms with Gasteiger partial charge < -0.3 is 42.9 Å². The summed E-state index contributed by atoms with van der Waals surface area (Å²) < 4.78 is 0. The Morgan fingerprint density at radius 2 is 1.50 bits per heavy atom. The van der Waals surface area contributed by atoms with Crippen molar-refractivity contribution in [2.75, 3.05) is 13.1 Å². The number of nitrogens with one attached hydrogen (secondary N) is 4. The molecular formula is C29H39N7O6. The number of guanidine groups is 1. The van der Waals surface area contributed by atoms with Crippen LogP contribution < -0.4 is 32.7 Å². The number of aromatic hydroxyl groups is 1. The van der Waals surface area contributed by atoms with Crippen LogP contribution in [0.25, 0.3) is 0 Å². The second-order valence-corrected chi connectivity index (χ2v) is 10.2. The van der Waals surface area contributed by atoms with Gasteiger partial charge in [-0.15, -0.1) is 0 Å². The Morgan fingerprint density at radius 1 is 0.881 bits per heavy atom. The summed E-state index contributed by atoms with van der Waals surface area (Å²) in [4.78, 5) is 55.8. The van der Waals surface area contributed by atoms with Crippen LogP contribution in [-0.2, 0) is 32.0 Å². The summed E-state index contributed by atoms with van der Waals surface area (Å²) in [6.07, 6.45) is 2.09. The second kappa shape index (κ2) is 16.0. The first kappa shape index (κ1) is 31.9. The average Bonchev–Trinajstić information content (AvgIpc) is 3.51. The van der Waals surface area contributed by atoms with Gasteiger partial charge in [0.2, 0.25) is 17.7 Å². The van der Waals surface area contributed by atoms with Crippen LogP contribution in [0.1, 0.15) is 36.8 Å². The maximum atomic E-state index is 13.5. The predicted molar refractivity (Wildman–Crippen MR) is 156 cm³/mol. The number of phenolic OH excluding ortho intramolecular Hbond substituents is 1. The van der Waals surface area contributed by atoms with E-state index >= 15 is 0 Å². The molecule has 0 radical (unpaired) electrons. The molecule has 2 aromatic rings. The third-order valence-electron chi connectivity index (χ3n) is 6.86. The molecule has 42 heavy (non-hydrogen) atoms. The van der Waals surface area contributed by atoms with Crippen LogP contribution in [0.3, 0.4) is 0 Å². The molecule has 0 spiro atoms. The molecule has 0 aliphatic carbocycles. The number of nitrogens with zero attached hydrogens (tertiary/aromatic N) is 1. The van der Waals surface area contributed by atoms with Crippen LogP contribution in [-0.4, -0.2) is 77.1 Å². The number of aliphatic carboxylic acids is 1. The summed E-state index contributed by atoms with van der Waals surface area (Å²) in [5, 5.41) is 30.6. The van der Waals surface area contributed by atoms with Gasteiger partial charge in [-0.3, -0.25) is 19.4 Å². The lowest BCUT2D eigenvalue weighted by molar-refractivity contribution is -0.142. The number of hydrogen-bond donors (Lipinski definition) is 8. The zero-order valence-corrected chi connectivity index (χ0v) is 23.3. The quantitative estimate of drug-likeness (QED) is 0.0772. The molecule has 4 unspecified atom stereocenters. The minimum atomic E-state index is -1.25. The fraction of sp³-hybridized carbons (Fsp3) is 0.414. The highest BCUT2D eigenvalue weighted by molar-refractivity contribution is 5.94. The average molecular weight is 582 g/mol. The number of nitrogens with two attached hydrogens (primary N) is 2. The number of carbonyl (C=O) groups is 4. The molecule has 3 rings (SSSR count). The van der Waals surface area contributed by atoms with Gasteiger partial charge in [-0.2, -0.15) is 0 Å². The van der Waals surface area contributed by atoms with E-state index in [9.17, 15) is 29.4 Å². The number of phenols is 1. The van der Waals surface area contributed by atoms with E-state index in [2.05, 4.69) is 26.3 Å². The molecule has 1 fully saturated rings. The fourth-order valence-electron chi connectivity index (χ4n) is 4.62. The molecule has 0 saturated carbocycles. The van der Waals surface area contributed by atoms with Crippen LogP contribution in [0, 0.1) is 0 Å². The van der Waals surface area contributed by atoms with Crippen molar-refractivity contribution in [3.63, 3.8) is 0 Å². The number of amides is 3. The largest absolute Gasteiger partial charge is 0.508 e. The molecule has 13 nitrogen and oxygen atoms in total. The summed E-state index contributed by atoms with van der Waals surface area (Å²) >= 11 is 0. The molecule has 1 heterocycles. The molecule has 1 aliphatic heterocycles. The molecular weight excluding hydrogens is 542 g/mol. The van der Waals surface area contributed by atoms with Gasteiger partial charge in [0, 0.05) is 19.4 Å². The molecule has 10 N–H and O–H groups in total. The molecule has 4 atom stereocenters. The van der Waals surface area contributed by atoms with Gasteiger partial charge in [-0.1, -0.05) is 42.5 Å². The van der Waals surface area contributed by atoms with Crippen molar-refractivity contribution < 1.29 is 29.4 Å². The molecule has 2 aromatic carbocycles. The lowest BCUT2D eigenvalue weighted by atomic mass is 10.0. The number of benzene rings is 2. The summed E-state index contributed by atoms with van der Waals surface area (Å²) in [5.74, 6) is -2.94. The summed E-state index contributed by atoms with van der Waals surface area (Å²) in [5.41, 5.74) is 12.1. The van der Waals surface area contributed by atoms with Gasteiger partial charge >= 0.3 is 5.97 Å². The first-order chi connectivity index (χ1) is 20.1. The minimum Gasteiger partial charge on any atom is -0.508 e. The lowest BCUT2D eigenvalue weighted by Gasteiger charge is -2.25. The van der Waals surface area contributed by atoms with E-state index in [1.165, 1.54) is 12.1 Å². The third kappa shape index (κ3) is 10.4. The Hall–Kier alpha value is -4.65. The zero-order chi connectivity index (χ0) is 30.5. The SMILES string of the molecule is NC(N)=NCCCC(NC(=O)C1CCCN1)C(=O)NC(Cc1ccc(O)cc1)C(=O)NC(Cc1ccccc1)C(=O)O. The molecule has 226 valence electrons. The van der Waals surface area contributed by atoms with E-state index in [1.54, 1.807) is 42.5 Å². The van der Waals surface area contributed by atoms with Crippen molar-refractivity contribution in [2.24, 2.45) is 16.5 Å². The number of carboxylic acid groups (broad SMARTS) is 1. The Bertz CT molecular complexity index is 1230. The van der Waals surface area contributed by atoms with Crippen molar-refractivity contribution in [1.29, 1.82) is 0 Å². The van der Waals surface area contributed by atoms with Crippen molar-refractivity contribution in [1.82, 2.24) is 21.3 Å². The normalized spacial score (nSPS) is 16.4. The first-order valence-corrected chi connectivity index (χ1v) is 13.9. The topological polar surface area (TPSA) is 221 Å². The number of carboxylic acids is 1. The van der Waals surface area contributed by atoms with Crippen molar-refractivity contribution in [3.05, 3.63) is 65.7 Å². The standard InChI is InChI=1S/C29H39N7O6/c30-29(31)33-15-5-9-22(34-25(38)21-8-4-14-32-21)26(39)35-23(16-19-10-12-20(37)13-11-19)27(40)36-24(28(41)42)17-18-6-2-1-3-7-18/h1-3,6-7,10-13,21-24,32,37H,4-5,8-9,14-17H2,(H,34,38)(H,35,39)(H,36,40)(H,41,42)(H4,30,31,33). The van der Waals surface area contributed by atoms with Gasteiger partial charge in [-0.25, -0.2) is 4.79 Å². The Morgan fingerprint density at radius 3 is 2.12 bits per heavy atom. The number of aliphatic imine (C=N–C) groups is 1. The molecule has 0 bridgehead atoms. The van der Waals surface area contributed by atoms with E-state index in [-0.39, 0.29) is 43.4 Å². The maximum Gasteiger partial charge on any atom is 0.326 e. The van der Waals surface area contributed by atoms with E-state index < -0.39 is 42.0 Å². The van der Waals surface area contributed by atoms with Crippen LogP contribution in [0.5, 0.6) is 5.75 Å². The van der Waals surface area contributed by atoms with Gasteiger partial charge in [-0.05, 0) is 55.5 Å². The molecule has 3 amide bonds. The van der Waals surface area contributed by atoms with Crippen LogP contribution in [0.15, 0.2) is 59.6 Å². The van der Waals surface area contributed by atoms with E-state index in [4.69, 9.17) is 11.5 Å². The third-order valence-corrected chi connectivity index (χ3v) is 6.86. The van der Waals surface area contributed by atoms with Crippen LogP contribution >= 0.6 is 0 Å². The second-order valence-electron chi connectivity index (χ2n) is 10.2. The highest BCUT2D eigenvalue weighted by Crippen LogP contribution is 2.13. The zero-order valence-electron chi connectivity index (χ0n) is 23.3. The summed E-state index contributed by atoms with van der Waals surface area (Å²) in [7, 11) is 0. The van der Waals surface area contributed by atoms with E-state index in [0.717, 1.165) is 6.42 Å². The molecule has 1 aliphatic rings. The van der Waals surface area contributed by atoms with Crippen LogP contribution in [0.2, 0.25) is 0 Å². The number of hydrogen-bond acceptors (Lipinski definition) is 7. The van der Waals surface area contributed by atoms with E-state index in [1.807, 2.05) is 0 Å². The highest BCUT2D eigenvalue weighted by Gasteiger charge is 2.31. The Kier molecular flexibility index (Phi) is 12.1. The van der Waals surface area contributed by atoms with Crippen molar-refractivity contribution >= 4 is 29.7 Å². The smallest absolute Gasteiger partial charge is 0.326 e. The van der Waals surface area contributed by atoms with Gasteiger partial charge in [0.05, 0.1) is 6.04 Å². The monoisotopic (exact) mass is 581 g/mol.